The molecule has 4 nitrogen and oxygen atoms in total. The van der Waals surface area contributed by atoms with Gasteiger partial charge in [-0.1, -0.05) is 70.7 Å². The molecular formula is C18H14Cl2N2O2. The number of benzene rings is 2. The molecular weight excluding hydrogens is 347 g/mol. The average Bonchev–Trinajstić information content (AvgIpc) is 2.55. The molecule has 0 fully saturated rings. The SMILES string of the molecule is C#CCO/N=C(\NC(=O)Cc1ccccc1)c1c(Cl)cccc1Cl. The molecule has 2 aromatic carbocycles. The fraction of sp³-hybridized carbons (Fsp3) is 0.111. The van der Waals surface area contributed by atoms with Crippen molar-refractivity contribution in [3.05, 3.63) is 69.7 Å². The number of hydrogen-bond donors (Lipinski definition) is 1. The van der Waals surface area contributed by atoms with E-state index in [9.17, 15) is 4.79 Å². The Kier molecular flexibility index (Phi) is 6.68. The third-order valence-corrected chi connectivity index (χ3v) is 3.60. The summed E-state index contributed by atoms with van der Waals surface area (Å²) in [7, 11) is 0. The maximum absolute atomic E-state index is 12.3. The third kappa shape index (κ3) is 5.02. The van der Waals surface area contributed by atoms with E-state index in [2.05, 4.69) is 16.4 Å². The summed E-state index contributed by atoms with van der Waals surface area (Å²) in [5.74, 6) is 2.12. The highest BCUT2D eigenvalue weighted by Gasteiger charge is 2.16. The molecule has 1 N–H and O–H groups in total. The summed E-state index contributed by atoms with van der Waals surface area (Å²) in [4.78, 5) is 17.3. The van der Waals surface area contributed by atoms with Crippen LogP contribution in [0.2, 0.25) is 10.0 Å². The van der Waals surface area contributed by atoms with E-state index in [0.717, 1.165) is 5.56 Å². The Morgan fingerprint density at radius 3 is 2.42 bits per heavy atom. The van der Waals surface area contributed by atoms with E-state index in [-0.39, 0.29) is 24.8 Å². The summed E-state index contributed by atoms with van der Waals surface area (Å²) in [6, 6.07) is 14.3. The number of hydrogen-bond acceptors (Lipinski definition) is 3. The van der Waals surface area contributed by atoms with Crippen LogP contribution in [0.15, 0.2) is 53.7 Å². The Morgan fingerprint density at radius 1 is 1.12 bits per heavy atom. The van der Waals surface area contributed by atoms with Crippen molar-refractivity contribution < 1.29 is 9.63 Å². The molecule has 0 heterocycles. The third-order valence-electron chi connectivity index (χ3n) is 2.97. The number of nitrogens with zero attached hydrogens (tertiary/aromatic N) is 1. The Labute approximate surface area is 150 Å². The number of oxime groups is 1. The van der Waals surface area contributed by atoms with Gasteiger partial charge in [0.2, 0.25) is 5.91 Å². The Morgan fingerprint density at radius 2 is 1.79 bits per heavy atom. The first kappa shape index (κ1) is 17.9. The molecule has 0 bridgehead atoms. The highest BCUT2D eigenvalue weighted by molar-refractivity contribution is 6.40. The molecule has 1 amide bonds. The van der Waals surface area contributed by atoms with Crippen LogP contribution in [0.4, 0.5) is 0 Å². The first-order chi connectivity index (χ1) is 11.6. The molecule has 24 heavy (non-hydrogen) atoms. The number of nitrogens with one attached hydrogen (secondary N) is 1. The minimum absolute atomic E-state index is 0.0415. The van der Waals surface area contributed by atoms with Gasteiger partial charge in [0, 0.05) is 0 Å². The zero-order valence-corrected chi connectivity index (χ0v) is 14.1. The summed E-state index contributed by atoms with van der Waals surface area (Å²) < 4.78 is 0. The Bertz CT molecular complexity index is 763. The minimum Gasteiger partial charge on any atom is -0.381 e. The van der Waals surface area contributed by atoms with Gasteiger partial charge in [0.1, 0.15) is 0 Å². The summed E-state index contributed by atoms with van der Waals surface area (Å²) in [5.41, 5.74) is 1.24. The van der Waals surface area contributed by atoms with Crippen molar-refractivity contribution in [2.75, 3.05) is 6.61 Å². The smallest absolute Gasteiger partial charge is 0.230 e. The van der Waals surface area contributed by atoms with Crippen LogP contribution < -0.4 is 5.32 Å². The minimum atomic E-state index is -0.278. The fourth-order valence-corrected chi connectivity index (χ4v) is 2.52. The van der Waals surface area contributed by atoms with E-state index in [0.29, 0.717) is 15.6 Å². The Hall–Kier alpha value is -2.48. The van der Waals surface area contributed by atoms with Crippen molar-refractivity contribution in [3.8, 4) is 12.3 Å². The Balaban J connectivity index is 2.22. The first-order valence-electron chi connectivity index (χ1n) is 7.03. The van der Waals surface area contributed by atoms with Gasteiger partial charge in [0.15, 0.2) is 12.4 Å². The van der Waals surface area contributed by atoms with Crippen LogP contribution in [0.25, 0.3) is 0 Å². The van der Waals surface area contributed by atoms with Crippen LogP contribution in [0, 0.1) is 12.3 Å². The van der Waals surface area contributed by atoms with Gasteiger partial charge in [-0.3, -0.25) is 4.79 Å². The van der Waals surface area contributed by atoms with Crippen LogP contribution in [-0.4, -0.2) is 18.3 Å². The van der Waals surface area contributed by atoms with Gasteiger partial charge in [-0.05, 0) is 17.7 Å². The zero-order chi connectivity index (χ0) is 17.4. The number of halogens is 2. The van der Waals surface area contributed by atoms with Crippen LogP contribution in [0.5, 0.6) is 0 Å². The molecule has 2 rings (SSSR count). The van der Waals surface area contributed by atoms with Gasteiger partial charge < -0.3 is 10.2 Å². The monoisotopic (exact) mass is 360 g/mol. The second-order valence-electron chi connectivity index (χ2n) is 4.72. The van der Waals surface area contributed by atoms with Crippen LogP contribution >= 0.6 is 23.2 Å². The fourth-order valence-electron chi connectivity index (χ4n) is 1.95. The largest absolute Gasteiger partial charge is 0.381 e. The van der Waals surface area contributed by atoms with Crippen molar-refractivity contribution in [1.82, 2.24) is 5.32 Å². The lowest BCUT2D eigenvalue weighted by Gasteiger charge is -2.11. The average molecular weight is 361 g/mol. The summed E-state index contributed by atoms with van der Waals surface area (Å²) in [6.45, 7) is -0.0415. The molecule has 0 atom stereocenters. The highest BCUT2D eigenvalue weighted by Crippen LogP contribution is 2.24. The molecule has 0 aliphatic heterocycles. The molecule has 0 aliphatic carbocycles. The maximum atomic E-state index is 12.3. The standard InChI is InChI=1S/C18H14Cl2N2O2/c1-2-11-24-22-18(17-14(19)9-6-10-15(17)20)21-16(23)12-13-7-4-3-5-8-13/h1,3-10H,11-12H2,(H,21,22,23). The van der Waals surface area contributed by atoms with Crippen LogP contribution in [0.1, 0.15) is 11.1 Å². The molecule has 0 saturated carbocycles. The van der Waals surface area contributed by atoms with Crippen molar-refractivity contribution in [2.24, 2.45) is 5.16 Å². The molecule has 0 spiro atoms. The predicted molar refractivity (Wildman–Crippen MR) is 96.1 cm³/mol. The maximum Gasteiger partial charge on any atom is 0.230 e. The molecule has 6 heteroatoms. The van der Waals surface area contributed by atoms with Gasteiger partial charge in [0.25, 0.3) is 0 Å². The lowest BCUT2D eigenvalue weighted by atomic mass is 10.1. The highest BCUT2D eigenvalue weighted by atomic mass is 35.5. The summed E-state index contributed by atoms with van der Waals surface area (Å²) >= 11 is 12.3. The normalized spacial score (nSPS) is 10.8. The van der Waals surface area contributed by atoms with E-state index >= 15 is 0 Å². The lowest BCUT2D eigenvalue weighted by molar-refractivity contribution is -0.119. The number of amides is 1. The molecule has 0 aromatic heterocycles. The second kappa shape index (κ2) is 8.97. The van der Waals surface area contributed by atoms with Crippen LogP contribution in [0.3, 0.4) is 0 Å². The van der Waals surface area contributed by atoms with E-state index < -0.39 is 0 Å². The van der Waals surface area contributed by atoms with Gasteiger partial charge >= 0.3 is 0 Å². The molecule has 2 aromatic rings. The molecule has 0 aliphatic rings. The van der Waals surface area contributed by atoms with Gasteiger partial charge in [-0.2, -0.15) is 0 Å². The zero-order valence-electron chi connectivity index (χ0n) is 12.6. The lowest BCUT2D eigenvalue weighted by Crippen LogP contribution is -2.33. The predicted octanol–water partition coefficient (Wildman–Crippen LogP) is 3.66. The molecule has 0 unspecified atom stereocenters. The molecule has 0 radical (unpaired) electrons. The van der Waals surface area contributed by atoms with E-state index in [1.54, 1.807) is 18.2 Å². The van der Waals surface area contributed by atoms with E-state index in [1.165, 1.54) is 0 Å². The number of rotatable bonds is 5. The molecule has 122 valence electrons. The summed E-state index contributed by atoms with van der Waals surface area (Å²) in [5, 5.41) is 7.21. The van der Waals surface area contributed by atoms with Gasteiger partial charge in [-0.15, -0.1) is 6.42 Å². The van der Waals surface area contributed by atoms with E-state index in [4.69, 9.17) is 34.5 Å². The number of amidine groups is 1. The van der Waals surface area contributed by atoms with Crippen molar-refractivity contribution in [3.63, 3.8) is 0 Å². The number of carbonyl (C=O) groups is 1. The molecule has 0 saturated heterocycles. The topological polar surface area (TPSA) is 50.7 Å². The first-order valence-corrected chi connectivity index (χ1v) is 7.79. The number of terminal acetylenes is 1. The number of carbonyl (C=O) groups excluding carboxylic acids is 1. The van der Waals surface area contributed by atoms with Gasteiger partial charge in [0.05, 0.1) is 22.0 Å². The van der Waals surface area contributed by atoms with E-state index in [1.807, 2.05) is 30.3 Å². The van der Waals surface area contributed by atoms with Crippen molar-refractivity contribution in [2.45, 2.75) is 6.42 Å². The quantitative estimate of drug-likeness (QED) is 0.291. The van der Waals surface area contributed by atoms with Crippen LogP contribution in [-0.2, 0) is 16.1 Å². The second-order valence-corrected chi connectivity index (χ2v) is 5.54. The van der Waals surface area contributed by atoms with Crippen molar-refractivity contribution >= 4 is 34.9 Å². The summed E-state index contributed by atoms with van der Waals surface area (Å²) in [6.07, 6.45) is 5.31. The van der Waals surface area contributed by atoms with Gasteiger partial charge in [-0.25, -0.2) is 0 Å². The van der Waals surface area contributed by atoms with Crippen molar-refractivity contribution in [1.29, 1.82) is 0 Å².